The van der Waals surface area contributed by atoms with Gasteiger partial charge in [-0.15, -0.1) is 0 Å². The van der Waals surface area contributed by atoms with E-state index in [0.717, 1.165) is 35.2 Å². The molecule has 2 aromatic rings. The smallest absolute Gasteiger partial charge is 0.256 e. The predicted molar refractivity (Wildman–Crippen MR) is 86.0 cm³/mol. The summed E-state index contributed by atoms with van der Waals surface area (Å²) in [4.78, 5) is 14.1. The van der Waals surface area contributed by atoms with Gasteiger partial charge in [0.1, 0.15) is 0 Å². The number of para-hydroxylation sites is 1. The molecule has 1 amide bonds. The van der Waals surface area contributed by atoms with E-state index in [2.05, 4.69) is 10.6 Å². The molecule has 0 bridgehead atoms. The van der Waals surface area contributed by atoms with Crippen LogP contribution in [0.15, 0.2) is 24.3 Å². The Labute approximate surface area is 122 Å². The molecule has 0 N–H and O–H groups in total. The van der Waals surface area contributed by atoms with Crippen molar-refractivity contribution in [3.05, 3.63) is 35.5 Å². The van der Waals surface area contributed by atoms with Gasteiger partial charge in [0.15, 0.2) is 0 Å². The van der Waals surface area contributed by atoms with Crippen LogP contribution in [0.5, 0.6) is 0 Å². The molecule has 0 fully saturated rings. The molecule has 3 nitrogen and oxygen atoms in total. The third-order valence-electron chi connectivity index (χ3n) is 3.45. The molecule has 3 rings (SSSR count). The fourth-order valence-corrected chi connectivity index (χ4v) is 2.54. The van der Waals surface area contributed by atoms with Crippen LogP contribution in [0.1, 0.15) is 50.7 Å². The van der Waals surface area contributed by atoms with Crippen LogP contribution in [-0.2, 0) is 13.6 Å². The summed E-state index contributed by atoms with van der Waals surface area (Å²) in [7, 11) is 2.04. The topological polar surface area (TPSA) is 25.2 Å². The average Bonchev–Trinajstić information content (AvgIpc) is 3.00. The number of benzene rings is 1. The lowest BCUT2D eigenvalue weighted by Gasteiger charge is -2.13. The van der Waals surface area contributed by atoms with E-state index in [1.165, 1.54) is 0 Å². The second-order valence-corrected chi connectivity index (χ2v) is 4.22. The summed E-state index contributed by atoms with van der Waals surface area (Å²) < 4.78 is 2.14. The zero-order valence-corrected chi connectivity index (χ0v) is 13.5. The van der Waals surface area contributed by atoms with Crippen LogP contribution < -0.4 is 0 Å². The minimum Gasteiger partial charge on any atom is -0.345 e. The summed E-state index contributed by atoms with van der Waals surface area (Å²) in [5.41, 5.74) is 3.20. The number of hydrogen-bond acceptors (Lipinski definition) is 1. The lowest BCUT2D eigenvalue weighted by atomic mass is 10.1. The van der Waals surface area contributed by atoms with Crippen LogP contribution in [0, 0.1) is 0 Å². The molecule has 1 aromatic heterocycles. The lowest BCUT2D eigenvalue weighted by molar-refractivity contribution is 0.0787. The van der Waals surface area contributed by atoms with E-state index >= 15 is 0 Å². The zero-order valence-electron chi connectivity index (χ0n) is 13.5. The first-order valence-electron chi connectivity index (χ1n) is 7.59. The maximum absolute atomic E-state index is 12.2. The Hall–Kier alpha value is -1.77. The first-order chi connectivity index (χ1) is 9.74. The molecule has 3 heteroatoms. The van der Waals surface area contributed by atoms with E-state index in [9.17, 15) is 4.79 Å². The summed E-state index contributed by atoms with van der Waals surface area (Å²) in [6.07, 6.45) is 0. The van der Waals surface area contributed by atoms with Crippen molar-refractivity contribution in [3.8, 4) is 0 Å². The fraction of sp³-hybridized carbons (Fsp3) is 0.471. The molecule has 0 spiro atoms. The monoisotopic (exact) mass is 274 g/mol. The summed E-state index contributed by atoms with van der Waals surface area (Å²) in [5.74, 6) is 0.175. The minimum absolute atomic E-state index is 0.175. The number of carbonyl (C=O) groups is 1. The highest BCUT2D eigenvalue weighted by atomic mass is 16.2. The van der Waals surface area contributed by atoms with Gasteiger partial charge in [0, 0.05) is 24.5 Å². The third kappa shape index (κ3) is 2.45. The van der Waals surface area contributed by atoms with Crippen molar-refractivity contribution in [1.29, 1.82) is 0 Å². The highest BCUT2D eigenvalue weighted by Crippen LogP contribution is 2.32. The molecule has 2 heterocycles. The number of fused-ring (bicyclic) bond motifs is 3. The molecule has 0 saturated heterocycles. The van der Waals surface area contributed by atoms with E-state index in [0.29, 0.717) is 0 Å². The van der Waals surface area contributed by atoms with Gasteiger partial charge in [-0.3, -0.25) is 4.79 Å². The van der Waals surface area contributed by atoms with Crippen LogP contribution in [0.3, 0.4) is 0 Å². The lowest BCUT2D eigenvalue weighted by Crippen LogP contribution is -2.23. The van der Waals surface area contributed by atoms with Gasteiger partial charge in [-0.2, -0.15) is 0 Å². The van der Waals surface area contributed by atoms with Crippen molar-refractivity contribution >= 4 is 16.8 Å². The van der Waals surface area contributed by atoms with Crippen LogP contribution in [0.2, 0.25) is 0 Å². The largest absolute Gasteiger partial charge is 0.345 e. The van der Waals surface area contributed by atoms with E-state index < -0.39 is 0 Å². The molecule has 110 valence electrons. The maximum atomic E-state index is 12.2. The summed E-state index contributed by atoms with van der Waals surface area (Å²) in [6, 6.07) is 8.10. The SMILES string of the molecule is CC.CC.CCN1Cc2c(c3ccccc3n2C)C1=O. The molecule has 1 aromatic carbocycles. The van der Waals surface area contributed by atoms with Gasteiger partial charge in [0.25, 0.3) is 5.91 Å². The van der Waals surface area contributed by atoms with Crippen molar-refractivity contribution in [1.82, 2.24) is 9.47 Å². The van der Waals surface area contributed by atoms with E-state index in [1.54, 1.807) is 0 Å². The maximum Gasteiger partial charge on any atom is 0.256 e. The van der Waals surface area contributed by atoms with Crippen LogP contribution in [0.4, 0.5) is 0 Å². The Bertz CT molecular complexity index is 584. The quantitative estimate of drug-likeness (QED) is 0.765. The summed E-state index contributed by atoms with van der Waals surface area (Å²) >= 11 is 0. The van der Waals surface area contributed by atoms with Crippen molar-refractivity contribution in [2.45, 2.75) is 41.2 Å². The molecule has 1 aliphatic heterocycles. The first-order valence-corrected chi connectivity index (χ1v) is 7.59. The van der Waals surface area contributed by atoms with Crippen LogP contribution in [0.25, 0.3) is 10.9 Å². The highest BCUT2D eigenvalue weighted by molar-refractivity contribution is 6.10. The summed E-state index contributed by atoms with van der Waals surface area (Å²) in [5, 5.41) is 1.08. The number of nitrogens with zero attached hydrogens (tertiary/aromatic N) is 2. The Morgan fingerprint density at radius 3 is 2.30 bits per heavy atom. The van der Waals surface area contributed by atoms with Gasteiger partial charge in [-0.05, 0) is 13.0 Å². The van der Waals surface area contributed by atoms with Crippen molar-refractivity contribution in [3.63, 3.8) is 0 Å². The molecule has 0 aliphatic carbocycles. The Kier molecular flexibility index (Phi) is 5.81. The minimum atomic E-state index is 0.175. The Balaban J connectivity index is 0.000000461. The predicted octanol–water partition coefficient (Wildman–Crippen LogP) is 4.21. The number of aromatic nitrogens is 1. The molecule has 0 atom stereocenters. The molecule has 1 aliphatic rings. The average molecular weight is 274 g/mol. The van der Waals surface area contributed by atoms with Crippen molar-refractivity contribution < 1.29 is 4.79 Å². The highest BCUT2D eigenvalue weighted by Gasteiger charge is 2.31. The number of carbonyl (C=O) groups excluding carboxylic acids is 1. The number of rotatable bonds is 1. The number of hydrogen-bond donors (Lipinski definition) is 0. The molecule has 0 radical (unpaired) electrons. The Morgan fingerprint density at radius 2 is 1.70 bits per heavy atom. The van der Waals surface area contributed by atoms with Crippen LogP contribution in [-0.4, -0.2) is 21.9 Å². The zero-order chi connectivity index (χ0) is 15.3. The van der Waals surface area contributed by atoms with Crippen molar-refractivity contribution in [2.75, 3.05) is 6.54 Å². The third-order valence-corrected chi connectivity index (χ3v) is 3.45. The molecular formula is C17H26N2O. The molecule has 0 unspecified atom stereocenters. The van der Waals surface area contributed by atoms with Gasteiger partial charge in [0.05, 0.1) is 17.8 Å². The fourth-order valence-electron chi connectivity index (χ4n) is 2.54. The van der Waals surface area contributed by atoms with Gasteiger partial charge in [-0.1, -0.05) is 45.9 Å². The second kappa shape index (κ2) is 7.13. The van der Waals surface area contributed by atoms with E-state index in [4.69, 9.17) is 0 Å². The van der Waals surface area contributed by atoms with Gasteiger partial charge >= 0.3 is 0 Å². The first kappa shape index (κ1) is 16.3. The normalized spacial score (nSPS) is 12.5. The summed E-state index contributed by atoms with van der Waals surface area (Å²) in [6.45, 7) is 11.5. The van der Waals surface area contributed by atoms with E-state index in [-0.39, 0.29) is 5.91 Å². The van der Waals surface area contributed by atoms with Crippen LogP contribution >= 0.6 is 0 Å². The van der Waals surface area contributed by atoms with E-state index in [1.807, 2.05) is 64.8 Å². The molecule has 20 heavy (non-hydrogen) atoms. The molecule has 0 saturated carbocycles. The number of aryl methyl sites for hydroxylation is 1. The number of amides is 1. The molecular weight excluding hydrogens is 248 g/mol. The standard InChI is InChI=1S/C13H14N2O.2C2H6/c1-3-15-8-11-12(13(15)16)9-6-4-5-7-10(9)14(11)2;2*1-2/h4-7H,3,8H2,1-2H3;2*1-2H3. The second-order valence-electron chi connectivity index (χ2n) is 4.22. The van der Waals surface area contributed by atoms with Gasteiger partial charge < -0.3 is 9.47 Å². The van der Waals surface area contributed by atoms with Crippen molar-refractivity contribution in [2.24, 2.45) is 7.05 Å². The Morgan fingerprint density at radius 1 is 1.10 bits per heavy atom. The van der Waals surface area contributed by atoms with Gasteiger partial charge in [-0.25, -0.2) is 0 Å². The van der Waals surface area contributed by atoms with Gasteiger partial charge in [0.2, 0.25) is 0 Å².